The van der Waals surface area contributed by atoms with E-state index >= 15 is 0 Å². The van der Waals surface area contributed by atoms with Crippen molar-refractivity contribution in [1.29, 1.82) is 0 Å². The zero-order valence-electron chi connectivity index (χ0n) is 19.2. The molecule has 0 bridgehead atoms. The first-order valence-electron chi connectivity index (χ1n) is 12.3. The minimum atomic E-state index is -1.06. The zero-order chi connectivity index (χ0) is 21.7. The third-order valence-electron chi connectivity index (χ3n) is 5.73. The van der Waals surface area contributed by atoms with E-state index < -0.39 is 24.2 Å². The first kappa shape index (κ1) is 28.4. The lowest BCUT2D eigenvalue weighted by atomic mass is 10.0. The Morgan fingerprint density at radius 3 is 1.59 bits per heavy atom. The van der Waals surface area contributed by atoms with Gasteiger partial charge < -0.3 is 20.6 Å². The summed E-state index contributed by atoms with van der Waals surface area (Å²) in [6, 6.07) is -0.698. The third kappa shape index (κ3) is 16.8. The summed E-state index contributed by atoms with van der Waals surface area (Å²) >= 11 is 0. The van der Waals surface area contributed by atoms with Crippen LogP contribution in [0.5, 0.6) is 0 Å². The van der Waals surface area contributed by atoms with E-state index in [0.29, 0.717) is 12.8 Å². The van der Waals surface area contributed by atoms with Crippen molar-refractivity contribution < 1.29 is 20.1 Å². The number of hydrogen-bond donors (Lipinski definition) is 4. The van der Waals surface area contributed by atoms with Crippen molar-refractivity contribution in [2.24, 2.45) is 0 Å². The number of aliphatic hydroxyl groups excluding tert-OH is 3. The Kier molecular flexibility index (Phi) is 20.2. The smallest absolute Gasteiger partial charge is 0.249 e. The van der Waals surface area contributed by atoms with E-state index in [-0.39, 0.29) is 6.61 Å². The summed E-state index contributed by atoms with van der Waals surface area (Å²) < 4.78 is 0. The molecule has 5 nitrogen and oxygen atoms in total. The highest BCUT2D eigenvalue weighted by Gasteiger charge is 2.23. The quantitative estimate of drug-likeness (QED) is 0.202. The molecule has 0 aromatic rings. The predicted octanol–water partition coefficient (Wildman–Crippen LogP) is 4.86. The van der Waals surface area contributed by atoms with Gasteiger partial charge in [0.2, 0.25) is 5.91 Å². The lowest BCUT2D eigenvalue weighted by Gasteiger charge is -2.23. The Bertz CT molecular complexity index is 365. The zero-order valence-corrected chi connectivity index (χ0v) is 19.2. The summed E-state index contributed by atoms with van der Waals surface area (Å²) in [6.45, 7) is 3.94. The van der Waals surface area contributed by atoms with Gasteiger partial charge >= 0.3 is 0 Å². The van der Waals surface area contributed by atoms with Gasteiger partial charge in [-0.05, 0) is 12.8 Å². The number of amides is 1. The summed E-state index contributed by atoms with van der Waals surface area (Å²) in [5, 5.41) is 32.1. The molecule has 4 N–H and O–H groups in total. The van der Waals surface area contributed by atoms with Crippen molar-refractivity contribution in [1.82, 2.24) is 5.32 Å². The van der Waals surface area contributed by atoms with Crippen LogP contribution >= 0.6 is 0 Å². The Hall–Kier alpha value is -0.650. The fraction of sp³-hybridized carbons (Fsp3) is 0.958. The maximum Gasteiger partial charge on any atom is 0.249 e. The molecule has 0 heterocycles. The molecule has 0 fully saturated rings. The highest BCUT2D eigenvalue weighted by Crippen LogP contribution is 2.14. The van der Waals surface area contributed by atoms with Crippen LogP contribution in [0.4, 0.5) is 0 Å². The molecule has 5 heteroatoms. The number of unbranched alkanes of at least 4 members (excludes halogenated alkanes) is 13. The molecule has 0 aromatic heterocycles. The van der Waals surface area contributed by atoms with Crippen molar-refractivity contribution in [3.8, 4) is 0 Å². The van der Waals surface area contributed by atoms with Gasteiger partial charge in [-0.1, -0.05) is 110 Å². The first-order valence-corrected chi connectivity index (χ1v) is 12.3. The van der Waals surface area contributed by atoms with Crippen molar-refractivity contribution in [2.45, 2.75) is 141 Å². The summed E-state index contributed by atoms with van der Waals surface area (Å²) in [5.41, 5.74) is 0. The van der Waals surface area contributed by atoms with Gasteiger partial charge in [0.15, 0.2) is 0 Å². The van der Waals surface area contributed by atoms with Gasteiger partial charge in [-0.3, -0.25) is 4.79 Å². The average Bonchev–Trinajstić information content (AvgIpc) is 2.73. The summed E-state index contributed by atoms with van der Waals surface area (Å²) in [7, 11) is 0. The van der Waals surface area contributed by atoms with Crippen molar-refractivity contribution >= 4 is 5.91 Å². The van der Waals surface area contributed by atoms with Crippen LogP contribution in [-0.4, -0.2) is 46.1 Å². The summed E-state index contributed by atoms with van der Waals surface area (Å²) in [5.74, 6) is -0.498. The normalized spacial score (nSPS) is 14.5. The number of rotatable bonds is 21. The minimum Gasteiger partial charge on any atom is -0.394 e. The van der Waals surface area contributed by atoms with E-state index in [9.17, 15) is 20.1 Å². The highest BCUT2D eigenvalue weighted by atomic mass is 16.3. The molecule has 0 unspecified atom stereocenters. The van der Waals surface area contributed by atoms with Crippen molar-refractivity contribution in [3.63, 3.8) is 0 Å². The van der Waals surface area contributed by atoms with Gasteiger partial charge in [-0.25, -0.2) is 0 Å². The Morgan fingerprint density at radius 2 is 1.14 bits per heavy atom. The maximum atomic E-state index is 11.9. The van der Waals surface area contributed by atoms with Crippen molar-refractivity contribution in [2.75, 3.05) is 6.61 Å². The van der Waals surface area contributed by atoms with Crippen LogP contribution in [0.15, 0.2) is 0 Å². The Balaban J connectivity index is 3.65. The van der Waals surface area contributed by atoms with Gasteiger partial charge in [0, 0.05) is 0 Å². The molecule has 0 saturated carbocycles. The lowest BCUT2D eigenvalue weighted by molar-refractivity contribution is -0.131. The standard InChI is InChI=1S/C24H49NO4/c1-3-5-7-8-9-10-11-12-13-14-15-16-17-19-22(27)21(20-26)25-24(29)23(28)18-6-4-2/h21-23,26-28H,3-20H2,1-2H3,(H,25,29)/t21-,22+,23-/m0/s1. The summed E-state index contributed by atoms with van der Waals surface area (Å²) in [6.07, 6.45) is 17.4. The van der Waals surface area contributed by atoms with Crippen LogP contribution in [0, 0.1) is 0 Å². The molecule has 29 heavy (non-hydrogen) atoms. The topological polar surface area (TPSA) is 89.8 Å². The van der Waals surface area contributed by atoms with E-state index in [1.165, 1.54) is 70.6 Å². The SMILES string of the molecule is CCCCCCCCCCCCCCC[C@@H](O)[C@H](CO)NC(=O)[C@@H](O)CCCC. The molecule has 0 saturated heterocycles. The Labute approximate surface area is 179 Å². The fourth-order valence-electron chi connectivity index (χ4n) is 3.64. The van der Waals surface area contributed by atoms with Gasteiger partial charge in [0.1, 0.15) is 6.10 Å². The lowest BCUT2D eigenvalue weighted by Crippen LogP contribution is -2.49. The average molecular weight is 416 g/mol. The molecule has 0 aliphatic carbocycles. The fourth-order valence-corrected chi connectivity index (χ4v) is 3.64. The molecule has 0 aliphatic rings. The number of nitrogens with one attached hydrogen (secondary N) is 1. The molecule has 3 atom stereocenters. The minimum absolute atomic E-state index is 0.314. The van der Waals surface area contributed by atoms with Crippen LogP contribution in [0.2, 0.25) is 0 Å². The van der Waals surface area contributed by atoms with Crippen LogP contribution in [0.3, 0.4) is 0 Å². The molecule has 0 aliphatic heterocycles. The van der Waals surface area contributed by atoms with E-state index in [0.717, 1.165) is 25.7 Å². The number of aliphatic hydroxyl groups is 3. The second-order valence-corrected chi connectivity index (χ2v) is 8.55. The number of carbonyl (C=O) groups is 1. The molecule has 0 radical (unpaired) electrons. The number of hydrogen-bond acceptors (Lipinski definition) is 4. The molecule has 0 spiro atoms. The van der Waals surface area contributed by atoms with Crippen molar-refractivity contribution in [3.05, 3.63) is 0 Å². The molecular formula is C24H49NO4. The van der Waals surface area contributed by atoms with E-state index in [4.69, 9.17) is 0 Å². The second kappa shape index (κ2) is 20.6. The van der Waals surface area contributed by atoms with E-state index in [2.05, 4.69) is 12.2 Å². The third-order valence-corrected chi connectivity index (χ3v) is 5.73. The van der Waals surface area contributed by atoms with Gasteiger partial charge in [-0.2, -0.15) is 0 Å². The predicted molar refractivity (Wildman–Crippen MR) is 121 cm³/mol. The Morgan fingerprint density at radius 1 is 0.690 bits per heavy atom. The van der Waals surface area contributed by atoms with Gasteiger partial charge in [-0.15, -0.1) is 0 Å². The van der Waals surface area contributed by atoms with Gasteiger partial charge in [0.05, 0.1) is 18.8 Å². The van der Waals surface area contributed by atoms with Gasteiger partial charge in [0.25, 0.3) is 0 Å². The highest BCUT2D eigenvalue weighted by molar-refractivity contribution is 5.80. The van der Waals surface area contributed by atoms with Crippen LogP contribution < -0.4 is 5.32 Å². The monoisotopic (exact) mass is 415 g/mol. The van der Waals surface area contributed by atoms with Crippen LogP contribution in [0.1, 0.15) is 123 Å². The number of carbonyl (C=O) groups excluding carboxylic acids is 1. The van der Waals surface area contributed by atoms with E-state index in [1.54, 1.807) is 0 Å². The molecule has 174 valence electrons. The molecule has 1 amide bonds. The summed E-state index contributed by atoms with van der Waals surface area (Å²) in [4.78, 5) is 11.9. The van der Waals surface area contributed by atoms with Crippen LogP contribution in [-0.2, 0) is 4.79 Å². The first-order chi connectivity index (χ1) is 14.1. The largest absolute Gasteiger partial charge is 0.394 e. The molecular weight excluding hydrogens is 366 g/mol. The molecule has 0 rings (SSSR count). The molecule has 0 aromatic carbocycles. The van der Waals surface area contributed by atoms with E-state index in [1.807, 2.05) is 6.92 Å². The maximum absolute atomic E-state index is 11.9. The second-order valence-electron chi connectivity index (χ2n) is 8.55. The van der Waals surface area contributed by atoms with Crippen LogP contribution in [0.25, 0.3) is 0 Å².